The summed E-state index contributed by atoms with van der Waals surface area (Å²) in [7, 11) is 1.15. The average Bonchev–Trinajstić information content (AvgIpc) is 2.75. The highest BCUT2D eigenvalue weighted by molar-refractivity contribution is 5.93. The number of aryl methyl sites for hydroxylation is 1. The Hall–Kier alpha value is -3.70. The zero-order valence-electron chi connectivity index (χ0n) is 17.9. The number of carboxylic acids is 2. The van der Waals surface area contributed by atoms with Crippen molar-refractivity contribution in [2.45, 2.75) is 51.1 Å². The predicted molar refractivity (Wildman–Crippen MR) is 111 cm³/mol. The normalized spacial score (nSPS) is 12.2. The maximum atomic E-state index is 12.0. The summed E-state index contributed by atoms with van der Waals surface area (Å²) in [4.78, 5) is 61.8. The fraction of sp³-hybridized carbons (Fsp3) is 0.500. The van der Waals surface area contributed by atoms with Crippen LogP contribution < -0.4 is 16.0 Å². The van der Waals surface area contributed by atoms with E-state index in [4.69, 9.17) is 5.11 Å². The van der Waals surface area contributed by atoms with Crippen LogP contribution in [-0.2, 0) is 19.1 Å². The molecule has 5 N–H and O–H groups in total. The molecule has 2 atom stereocenters. The molecule has 176 valence electrons. The van der Waals surface area contributed by atoms with Gasteiger partial charge >= 0.3 is 23.9 Å². The van der Waals surface area contributed by atoms with Crippen molar-refractivity contribution in [2.24, 2.45) is 0 Å². The summed E-state index contributed by atoms with van der Waals surface area (Å²) >= 11 is 0. The van der Waals surface area contributed by atoms with Crippen molar-refractivity contribution < 1.29 is 38.9 Å². The minimum absolute atomic E-state index is 0.0740. The second-order valence-corrected chi connectivity index (χ2v) is 6.95. The number of unbranched alkanes of at least 4 members (excludes halogenated alkanes) is 1. The van der Waals surface area contributed by atoms with Gasteiger partial charge in [0.1, 0.15) is 12.1 Å². The number of rotatable bonds is 13. The summed E-state index contributed by atoms with van der Waals surface area (Å²) in [5, 5.41) is 25.5. The first-order chi connectivity index (χ1) is 15.1. The summed E-state index contributed by atoms with van der Waals surface area (Å²) in [6, 6.07) is -0.240. The molecule has 0 fully saturated rings. The number of urea groups is 1. The number of hydrogen-bond acceptors (Lipinski definition) is 7. The summed E-state index contributed by atoms with van der Waals surface area (Å²) in [5.41, 5.74) is 1.20. The molecule has 32 heavy (non-hydrogen) atoms. The topological polar surface area (TPSA) is 184 Å². The molecule has 0 aliphatic carbocycles. The fourth-order valence-corrected chi connectivity index (χ4v) is 2.62. The smallest absolute Gasteiger partial charge is 0.326 e. The Morgan fingerprint density at radius 3 is 2.16 bits per heavy atom. The zero-order valence-corrected chi connectivity index (χ0v) is 17.9. The van der Waals surface area contributed by atoms with E-state index in [1.165, 1.54) is 6.20 Å². The molecule has 0 spiro atoms. The second-order valence-electron chi connectivity index (χ2n) is 6.95. The molecule has 0 aliphatic heterocycles. The summed E-state index contributed by atoms with van der Waals surface area (Å²) < 4.78 is 4.42. The van der Waals surface area contributed by atoms with E-state index >= 15 is 0 Å². The Morgan fingerprint density at radius 1 is 1.00 bits per heavy atom. The van der Waals surface area contributed by atoms with Crippen molar-refractivity contribution in [2.75, 3.05) is 13.7 Å². The van der Waals surface area contributed by atoms with E-state index in [1.807, 2.05) is 0 Å². The summed E-state index contributed by atoms with van der Waals surface area (Å²) in [5.74, 6) is -3.57. The largest absolute Gasteiger partial charge is 0.480 e. The van der Waals surface area contributed by atoms with Gasteiger partial charge in [-0.3, -0.25) is 14.6 Å². The third kappa shape index (κ3) is 9.87. The second kappa shape index (κ2) is 13.6. The van der Waals surface area contributed by atoms with Crippen molar-refractivity contribution in [3.63, 3.8) is 0 Å². The van der Waals surface area contributed by atoms with Crippen LogP contribution >= 0.6 is 0 Å². The Bertz CT molecular complexity index is 812. The third-order valence-corrected chi connectivity index (χ3v) is 4.45. The van der Waals surface area contributed by atoms with Crippen molar-refractivity contribution in [1.29, 1.82) is 0 Å². The number of ether oxygens (including phenoxy) is 1. The number of nitrogens with one attached hydrogen (secondary N) is 3. The first kappa shape index (κ1) is 26.3. The molecule has 1 heterocycles. The van der Waals surface area contributed by atoms with E-state index in [2.05, 4.69) is 25.7 Å². The van der Waals surface area contributed by atoms with Crippen molar-refractivity contribution in [1.82, 2.24) is 20.9 Å². The number of aromatic nitrogens is 1. The number of amides is 3. The Labute approximate surface area is 184 Å². The van der Waals surface area contributed by atoms with Gasteiger partial charge in [-0.25, -0.2) is 14.4 Å². The quantitative estimate of drug-likeness (QED) is 0.209. The molecule has 3 amide bonds. The van der Waals surface area contributed by atoms with E-state index < -0.39 is 36.0 Å². The minimum atomic E-state index is -1.38. The van der Waals surface area contributed by atoms with Gasteiger partial charge in [-0.05, 0) is 44.7 Å². The molecule has 0 aliphatic rings. The van der Waals surface area contributed by atoms with Crippen LogP contribution in [0.4, 0.5) is 4.79 Å². The molecule has 0 bridgehead atoms. The molecular weight excluding hydrogens is 424 g/mol. The molecule has 0 aromatic carbocycles. The van der Waals surface area contributed by atoms with Gasteiger partial charge in [-0.15, -0.1) is 0 Å². The lowest BCUT2D eigenvalue weighted by Gasteiger charge is -2.18. The highest BCUT2D eigenvalue weighted by atomic mass is 16.5. The third-order valence-electron chi connectivity index (χ3n) is 4.45. The van der Waals surface area contributed by atoms with E-state index in [-0.39, 0.29) is 25.2 Å². The van der Waals surface area contributed by atoms with Crippen LogP contribution in [0.1, 0.15) is 48.2 Å². The van der Waals surface area contributed by atoms with E-state index in [9.17, 15) is 29.1 Å². The number of pyridine rings is 1. The van der Waals surface area contributed by atoms with Gasteiger partial charge in [0.25, 0.3) is 5.91 Å². The van der Waals surface area contributed by atoms with Crippen molar-refractivity contribution >= 4 is 29.8 Å². The molecular formula is C20H28N4O8. The predicted octanol–water partition coefficient (Wildman–Crippen LogP) is 0.449. The standard InChI is InChI=1S/C20H28N4O8/c1-12-6-7-13(11-22-12)17(26)21-10-4-3-5-14(18(27)28)23-20(31)24-15(19(29)30)8-9-16(25)32-2/h6-7,11,14-15H,3-5,8-10H2,1-2H3,(H,21,26)(H,27,28)(H,29,30)(H2,23,24,31). The molecule has 12 heteroatoms. The van der Waals surface area contributed by atoms with Crippen molar-refractivity contribution in [3.8, 4) is 0 Å². The number of carbonyl (C=O) groups is 5. The van der Waals surface area contributed by atoms with Gasteiger partial charge in [-0.2, -0.15) is 0 Å². The number of nitrogens with zero attached hydrogens (tertiary/aromatic N) is 1. The van der Waals surface area contributed by atoms with E-state index in [0.717, 1.165) is 12.8 Å². The zero-order chi connectivity index (χ0) is 24.1. The van der Waals surface area contributed by atoms with Gasteiger partial charge in [0.15, 0.2) is 0 Å². The summed E-state index contributed by atoms with van der Waals surface area (Å²) in [6.45, 7) is 2.11. The first-order valence-electron chi connectivity index (χ1n) is 9.94. The van der Waals surface area contributed by atoms with Crippen LogP contribution in [0.3, 0.4) is 0 Å². The van der Waals surface area contributed by atoms with E-state index in [1.54, 1.807) is 19.1 Å². The Morgan fingerprint density at radius 2 is 1.62 bits per heavy atom. The van der Waals surface area contributed by atoms with Gasteiger partial charge < -0.3 is 30.9 Å². The van der Waals surface area contributed by atoms with Gasteiger partial charge in [-0.1, -0.05) is 0 Å². The molecule has 1 aromatic heterocycles. The molecule has 1 rings (SSSR count). The lowest BCUT2D eigenvalue weighted by atomic mass is 10.1. The monoisotopic (exact) mass is 452 g/mol. The van der Waals surface area contributed by atoms with Gasteiger partial charge in [0.05, 0.1) is 12.7 Å². The number of hydrogen-bond donors (Lipinski definition) is 5. The van der Waals surface area contributed by atoms with Gasteiger partial charge in [0, 0.05) is 24.9 Å². The lowest BCUT2D eigenvalue weighted by molar-refractivity contribution is -0.142. The lowest BCUT2D eigenvalue weighted by Crippen LogP contribution is -2.51. The number of methoxy groups -OCH3 is 1. The molecule has 0 radical (unpaired) electrons. The Kier molecular flexibility index (Phi) is 11.2. The fourth-order valence-electron chi connectivity index (χ4n) is 2.62. The van der Waals surface area contributed by atoms with Crippen LogP contribution in [0.5, 0.6) is 0 Å². The van der Waals surface area contributed by atoms with Crippen LogP contribution in [0.25, 0.3) is 0 Å². The first-order valence-corrected chi connectivity index (χ1v) is 9.94. The van der Waals surface area contributed by atoms with E-state index in [0.29, 0.717) is 24.9 Å². The maximum Gasteiger partial charge on any atom is 0.326 e. The van der Waals surface area contributed by atoms with Crippen molar-refractivity contribution in [3.05, 3.63) is 29.6 Å². The Balaban J connectivity index is 2.42. The summed E-state index contributed by atoms with van der Waals surface area (Å²) in [6.07, 6.45) is 1.96. The molecule has 2 unspecified atom stereocenters. The number of carboxylic acid groups (broad SMARTS) is 2. The van der Waals surface area contributed by atoms with Gasteiger partial charge in [0.2, 0.25) is 0 Å². The van der Waals surface area contributed by atoms with Crippen LogP contribution in [0, 0.1) is 6.92 Å². The molecule has 12 nitrogen and oxygen atoms in total. The highest BCUT2D eigenvalue weighted by Crippen LogP contribution is 2.04. The number of carbonyl (C=O) groups excluding carboxylic acids is 3. The highest BCUT2D eigenvalue weighted by Gasteiger charge is 2.24. The average molecular weight is 452 g/mol. The molecule has 0 saturated heterocycles. The number of esters is 1. The maximum absolute atomic E-state index is 12.0. The minimum Gasteiger partial charge on any atom is -0.480 e. The molecule has 1 aromatic rings. The molecule has 0 saturated carbocycles. The van der Waals surface area contributed by atoms with Crippen LogP contribution in [0.15, 0.2) is 18.3 Å². The SMILES string of the molecule is COC(=O)CCC(NC(=O)NC(CCCCNC(=O)c1ccc(C)nc1)C(=O)O)C(=O)O. The number of aliphatic carboxylic acids is 2. The van der Waals surface area contributed by atoms with Crippen LogP contribution in [-0.4, -0.2) is 70.8 Å². The van der Waals surface area contributed by atoms with Crippen LogP contribution in [0.2, 0.25) is 0 Å².